The first kappa shape index (κ1) is 14.1. The van der Waals surface area contributed by atoms with Crippen LogP contribution in [0.5, 0.6) is 0 Å². The molecular formula is C17H30O. The molecule has 4 unspecified atom stereocenters. The van der Waals surface area contributed by atoms with Crippen LogP contribution < -0.4 is 0 Å². The number of rotatable bonds is 3. The van der Waals surface area contributed by atoms with Crippen LogP contribution in [0.25, 0.3) is 0 Å². The van der Waals surface area contributed by atoms with E-state index in [4.69, 9.17) is 0 Å². The monoisotopic (exact) mass is 250 g/mol. The molecule has 1 saturated carbocycles. The van der Waals surface area contributed by atoms with Crippen molar-refractivity contribution in [3.05, 3.63) is 11.6 Å². The molecule has 0 bridgehead atoms. The smallest absolute Gasteiger partial charge is 0.0670 e. The van der Waals surface area contributed by atoms with E-state index in [1.54, 1.807) is 5.57 Å². The quantitative estimate of drug-likeness (QED) is 0.720. The van der Waals surface area contributed by atoms with Gasteiger partial charge in [0, 0.05) is 0 Å². The summed E-state index contributed by atoms with van der Waals surface area (Å²) >= 11 is 0. The highest BCUT2D eigenvalue weighted by molar-refractivity contribution is 5.03. The maximum atomic E-state index is 10.5. The maximum absolute atomic E-state index is 10.5. The molecule has 0 aromatic carbocycles. The van der Waals surface area contributed by atoms with Crippen LogP contribution in [0.2, 0.25) is 0 Å². The highest BCUT2D eigenvalue weighted by atomic mass is 16.3. The zero-order valence-corrected chi connectivity index (χ0v) is 12.4. The van der Waals surface area contributed by atoms with E-state index in [2.05, 4.69) is 26.8 Å². The van der Waals surface area contributed by atoms with Crippen molar-refractivity contribution in [2.45, 2.75) is 77.7 Å². The summed E-state index contributed by atoms with van der Waals surface area (Å²) in [6.07, 6.45) is 12.2. The summed E-state index contributed by atoms with van der Waals surface area (Å²) in [7, 11) is 0. The second-order valence-corrected chi connectivity index (χ2v) is 6.93. The van der Waals surface area contributed by atoms with Gasteiger partial charge in [-0.15, -0.1) is 0 Å². The fraction of sp³-hybridized carbons (Fsp3) is 0.882. The molecule has 0 heterocycles. The van der Waals surface area contributed by atoms with Crippen molar-refractivity contribution >= 4 is 0 Å². The lowest BCUT2D eigenvalue weighted by Gasteiger charge is -2.42. The Morgan fingerprint density at radius 3 is 2.72 bits per heavy atom. The van der Waals surface area contributed by atoms with E-state index in [1.165, 1.54) is 38.5 Å². The molecule has 2 aliphatic carbocycles. The van der Waals surface area contributed by atoms with E-state index >= 15 is 0 Å². The minimum atomic E-state index is -0.362. The van der Waals surface area contributed by atoms with E-state index in [0.29, 0.717) is 5.92 Å². The van der Waals surface area contributed by atoms with Crippen molar-refractivity contribution in [1.29, 1.82) is 0 Å². The summed E-state index contributed by atoms with van der Waals surface area (Å²) < 4.78 is 0. The summed E-state index contributed by atoms with van der Waals surface area (Å²) in [4.78, 5) is 0. The molecule has 0 aromatic rings. The normalized spacial score (nSPS) is 41.6. The molecule has 104 valence electrons. The van der Waals surface area contributed by atoms with E-state index in [1.807, 2.05) is 0 Å². The van der Waals surface area contributed by atoms with Crippen LogP contribution in [-0.4, -0.2) is 10.7 Å². The third kappa shape index (κ3) is 3.17. The minimum absolute atomic E-state index is 0.362. The molecule has 2 aliphatic rings. The van der Waals surface area contributed by atoms with Crippen molar-refractivity contribution in [3.8, 4) is 0 Å². The zero-order chi connectivity index (χ0) is 13.2. The SMILES string of the molecule is CCC1(O)CCC(CC2CCC=C(C)C2)CC1C. The van der Waals surface area contributed by atoms with Gasteiger partial charge in [0.05, 0.1) is 5.60 Å². The fourth-order valence-electron chi connectivity index (χ4n) is 4.16. The largest absolute Gasteiger partial charge is 0.390 e. The van der Waals surface area contributed by atoms with Crippen LogP contribution in [-0.2, 0) is 0 Å². The average Bonchev–Trinajstić information content (AvgIpc) is 2.34. The topological polar surface area (TPSA) is 20.2 Å². The first-order valence-electron chi connectivity index (χ1n) is 7.91. The van der Waals surface area contributed by atoms with Gasteiger partial charge in [-0.1, -0.05) is 25.5 Å². The summed E-state index contributed by atoms with van der Waals surface area (Å²) in [5.41, 5.74) is 1.24. The third-order valence-electron chi connectivity index (χ3n) is 5.55. The van der Waals surface area contributed by atoms with Gasteiger partial charge >= 0.3 is 0 Å². The molecule has 1 heteroatoms. The van der Waals surface area contributed by atoms with E-state index < -0.39 is 0 Å². The van der Waals surface area contributed by atoms with Gasteiger partial charge in [0.1, 0.15) is 0 Å². The summed E-state index contributed by atoms with van der Waals surface area (Å²) in [5, 5.41) is 10.5. The van der Waals surface area contributed by atoms with Crippen LogP contribution in [0.3, 0.4) is 0 Å². The number of hydrogen-bond donors (Lipinski definition) is 1. The Morgan fingerprint density at radius 1 is 1.33 bits per heavy atom. The van der Waals surface area contributed by atoms with Crippen LogP contribution >= 0.6 is 0 Å². The van der Waals surface area contributed by atoms with Crippen molar-refractivity contribution in [2.24, 2.45) is 17.8 Å². The second-order valence-electron chi connectivity index (χ2n) is 6.93. The number of allylic oxidation sites excluding steroid dienone is 2. The van der Waals surface area contributed by atoms with Crippen LogP contribution in [0.4, 0.5) is 0 Å². The van der Waals surface area contributed by atoms with Gasteiger partial charge in [0.2, 0.25) is 0 Å². The van der Waals surface area contributed by atoms with Crippen LogP contribution in [0, 0.1) is 17.8 Å². The van der Waals surface area contributed by atoms with Crippen molar-refractivity contribution in [1.82, 2.24) is 0 Å². The second kappa shape index (κ2) is 5.77. The van der Waals surface area contributed by atoms with Crippen LogP contribution in [0.15, 0.2) is 11.6 Å². The van der Waals surface area contributed by atoms with Gasteiger partial charge in [0.25, 0.3) is 0 Å². The zero-order valence-electron chi connectivity index (χ0n) is 12.4. The van der Waals surface area contributed by atoms with Gasteiger partial charge < -0.3 is 5.11 Å². The Kier molecular flexibility index (Phi) is 4.53. The van der Waals surface area contributed by atoms with E-state index in [9.17, 15) is 5.11 Å². The molecule has 2 rings (SSSR count). The van der Waals surface area contributed by atoms with Gasteiger partial charge in [-0.2, -0.15) is 0 Å². The number of hydrogen-bond acceptors (Lipinski definition) is 1. The summed E-state index contributed by atoms with van der Waals surface area (Å²) in [6.45, 7) is 6.67. The lowest BCUT2D eigenvalue weighted by molar-refractivity contribution is -0.0602. The molecule has 0 amide bonds. The molecule has 0 radical (unpaired) electrons. The first-order chi connectivity index (χ1) is 8.53. The Hall–Kier alpha value is -0.300. The van der Waals surface area contributed by atoms with Gasteiger partial charge in [-0.3, -0.25) is 0 Å². The molecule has 0 spiro atoms. The maximum Gasteiger partial charge on any atom is 0.0670 e. The molecule has 18 heavy (non-hydrogen) atoms. The molecule has 0 aromatic heterocycles. The summed E-state index contributed by atoms with van der Waals surface area (Å²) in [5.74, 6) is 2.27. The Labute approximate surface area is 113 Å². The molecule has 4 atom stereocenters. The average molecular weight is 250 g/mol. The van der Waals surface area contributed by atoms with Crippen molar-refractivity contribution < 1.29 is 5.11 Å². The molecule has 0 aliphatic heterocycles. The van der Waals surface area contributed by atoms with E-state index in [0.717, 1.165) is 24.7 Å². The Bertz CT molecular complexity index is 307. The highest BCUT2D eigenvalue weighted by Gasteiger charge is 2.38. The predicted molar refractivity (Wildman–Crippen MR) is 77.5 cm³/mol. The van der Waals surface area contributed by atoms with Crippen LogP contribution in [0.1, 0.15) is 72.1 Å². The van der Waals surface area contributed by atoms with Gasteiger partial charge in [-0.05, 0) is 76.0 Å². The molecule has 1 N–H and O–H groups in total. The highest BCUT2D eigenvalue weighted by Crippen LogP contribution is 2.42. The first-order valence-corrected chi connectivity index (χ1v) is 7.91. The minimum Gasteiger partial charge on any atom is -0.390 e. The predicted octanol–water partition coefficient (Wildman–Crippen LogP) is 4.70. The lowest BCUT2D eigenvalue weighted by atomic mass is 9.68. The third-order valence-corrected chi connectivity index (χ3v) is 5.55. The standard InChI is InChI=1S/C17H30O/c1-4-17(18)9-8-16(11-14(17)3)12-15-7-5-6-13(2)10-15/h6,14-16,18H,4-5,7-12H2,1-3H3. The summed E-state index contributed by atoms with van der Waals surface area (Å²) in [6, 6.07) is 0. The van der Waals surface area contributed by atoms with Crippen molar-refractivity contribution in [3.63, 3.8) is 0 Å². The Balaban J connectivity index is 1.84. The fourth-order valence-corrected chi connectivity index (χ4v) is 4.16. The molecular weight excluding hydrogens is 220 g/mol. The van der Waals surface area contributed by atoms with E-state index in [-0.39, 0.29) is 5.60 Å². The van der Waals surface area contributed by atoms with Gasteiger partial charge in [-0.25, -0.2) is 0 Å². The Morgan fingerprint density at radius 2 is 2.11 bits per heavy atom. The molecule has 1 nitrogen and oxygen atoms in total. The number of aliphatic hydroxyl groups is 1. The molecule has 1 fully saturated rings. The van der Waals surface area contributed by atoms with Crippen molar-refractivity contribution in [2.75, 3.05) is 0 Å². The van der Waals surface area contributed by atoms with Gasteiger partial charge in [0.15, 0.2) is 0 Å². The lowest BCUT2D eigenvalue weighted by Crippen LogP contribution is -2.41. The molecule has 0 saturated heterocycles.